The third-order valence-electron chi connectivity index (χ3n) is 3.12. The van der Waals surface area contributed by atoms with Crippen molar-refractivity contribution in [3.05, 3.63) is 46.2 Å². The lowest BCUT2D eigenvalue weighted by Crippen LogP contribution is -2.12. The van der Waals surface area contributed by atoms with Gasteiger partial charge in [0.25, 0.3) is 10.0 Å². The van der Waals surface area contributed by atoms with E-state index in [0.717, 1.165) is 15.7 Å². The second-order valence-electron chi connectivity index (χ2n) is 4.90. The maximum Gasteiger partial charge on any atom is 0.263 e. The lowest BCUT2D eigenvalue weighted by atomic mass is 10.2. The highest BCUT2D eigenvalue weighted by Gasteiger charge is 2.18. The van der Waals surface area contributed by atoms with Crippen molar-refractivity contribution in [3.63, 3.8) is 0 Å². The Morgan fingerprint density at radius 2 is 2.00 bits per heavy atom. The van der Waals surface area contributed by atoms with E-state index in [1.54, 1.807) is 22.9 Å². The third-order valence-corrected chi connectivity index (χ3v) is 5.11. The lowest BCUT2D eigenvalue weighted by molar-refractivity contribution is 0.601. The van der Waals surface area contributed by atoms with E-state index < -0.39 is 10.0 Å². The van der Waals surface area contributed by atoms with Crippen molar-refractivity contribution in [2.45, 2.75) is 18.4 Å². The van der Waals surface area contributed by atoms with E-state index in [0.29, 0.717) is 12.2 Å². The zero-order chi connectivity index (χ0) is 15.6. The monoisotopic (exact) mass is 371 g/mol. The Morgan fingerprint density at radius 3 is 2.62 bits per heavy atom. The fraction of sp³-hybridized carbons (Fsp3) is 0.286. The summed E-state index contributed by atoms with van der Waals surface area (Å²) in [7, 11) is 0.0519. The van der Waals surface area contributed by atoms with Crippen molar-refractivity contribution >= 4 is 31.6 Å². The summed E-state index contributed by atoms with van der Waals surface area (Å²) in [5.41, 5.74) is 2.49. The third kappa shape index (κ3) is 3.66. The largest absolute Gasteiger partial charge is 0.352 e. The van der Waals surface area contributed by atoms with Crippen molar-refractivity contribution in [3.8, 4) is 0 Å². The maximum atomic E-state index is 12.4. The summed E-state index contributed by atoms with van der Waals surface area (Å²) in [5, 5.41) is 3.01. The molecule has 0 fully saturated rings. The number of aromatic nitrogens is 1. The first kappa shape index (κ1) is 16.1. The molecule has 0 saturated carbocycles. The molecular weight excluding hydrogens is 354 g/mol. The molecule has 7 heteroatoms. The number of hydrogen-bond acceptors (Lipinski definition) is 3. The highest BCUT2D eigenvalue weighted by molar-refractivity contribution is 9.10. The van der Waals surface area contributed by atoms with Gasteiger partial charge in [0.1, 0.15) is 4.90 Å². The average molecular weight is 372 g/mol. The Kier molecular flexibility index (Phi) is 4.75. The van der Waals surface area contributed by atoms with Crippen LogP contribution in [0.1, 0.15) is 11.3 Å². The van der Waals surface area contributed by atoms with Crippen molar-refractivity contribution in [2.24, 2.45) is 7.05 Å². The Labute approximate surface area is 133 Å². The number of hydrogen-bond donors (Lipinski definition) is 2. The van der Waals surface area contributed by atoms with Gasteiger partial charge in [-0.05, 0) is 53.7 Å². The van der Waals surface area contributed by atoms with Crippen molar-refractivity contribution in [2.75, 3.05) is 11.8 Å². The fourth-order valence-electron chi connectivity index (χ4n) is 1.99. The Morgan fingerprint density at radius 1 is 1.29 bits per heavy atom. The quantitative estimate of drug-likeness (QED) is 0.848. The Bertz CT molecular complexity index is 754. The van der Waals surface area contributed by atoms with Gasteiger partial charge in [-0.1, -0.05) is 6.07 Å². The Hall–Kier alpha value is -1.31. The lowest BCUT2D eigenvalue weighted by Gasteiger charge is -2.09. The average Bonchev–Trinajstić information content (AvgIpc) is 2.76. The second kappa shape index (κ2) is 6.21. The summed E-state index contributed by atoms with van der Waals surface area (Å²) in [6.45, 7) is 2.56. The molecule has 2 N–H and O–H groups in total. The number of nitrogens with zero attached hydrogens (tertiary/aromatic N) is 1. The molecule has 0 bridgehead atoms. The van der Waals surface area contributed by atoms with Crippen molar-refractivity contribution in [1.82, 2.24) is 9.88 Å². The molecule has 0 amide bonds. The van der Waals surface area contributed by atoms with Crippen LogP contribution in [-0.4, -0.2) is 20.0 Å². The van der Waals surface area contributed by atoms with E-state index in [1.807, 2.05) is 33.2 Å². The first-order valence-corrected chi connectivity index (χ1v) is 8.70. The number of anilines is 1. The maximum absolute atomic E-state index is 12.4. The highest BCUT2D eigenvalue weighted by atomic mass is 79.9. The van der Waals surface area contributed by atoms with Gasteiger partial charge in [0.05, 0.1) is 5.69 Å². The summed E-state index contributed by atoms with van der Waals surface area (Å²) in [6, 6.07) is 7.14. The summed E-state index contributed by atoms with van der Waals surface area (Å²) in [5.74, 6) is 0. The van der Waals surface area contributed by atoms with Gasteiger partial charge in [0, 0.05) is 30.0 Å². The summed E-state index contributed by atoms with van der Waals surface area (Å²) < 4.78 is 30.0. The summed E-state index contributed by atoms with van der Waals surface area (Å²) in [4.78, 5) is 0.253. The number of benzene rings is 1. The minimum absolute atomic E-state index is 0.253. The number of rotatable bonds is 5. The predicted molar refractivity (Wildman–Crippen MR) is 87.9 cm³/mol. The van der Waals surface area contributed by atoms with Crippen molar-refractivity contribution in [1.29, 1.82) is 0 Å². The van der Waals surface area contributed by atoms with Gasteiger partial charge in [0.2, 0.25) is 0 Å². The summed E-state index contributed by atoms with van der Waals surface area (Å²) >= 11 is 3.37. The van der Waals surface area contributed by atoms with Gasteiger partial charge in [-0.3, -0.25) is 4.72 Å². The van der Waals surface area contributed by atoms with E-state index in [1.165, 1.54) is 0 Å². The van der Waals surface area contributed by atoms with E-state index in [9.17, 15) is 8.42 Å². The molecule has 0 aliphatic rings. The molecule has 0 saturated heterocycles. The van der Waals surface area contributed by atoms with E-state index >= 15 is 0 Å². The van der Waals surface area contributed by atoms with Crippen LogP contribution in [0.3, 0.4) is 0 Å². The van der Waals surface area contributed by atoms with Crippen LogP contribution in [0.15, 0.2) is 39.8 Å². The summed E-state index contributed by atoms with van der Waals surface area (Å²) in [6.07, 6.45) is 1.61. The molecule has 0 aliphatic heterocycles. The molecule has 1 aromatic heterocycles. The zero-order valence-electron chi connectivity index (χ0n) is 12.1. The molecule has 114 valence electrons. The van der Waals surface area contributed by atoms with Gasteiger partial charge in [-0.2, -0.15) is 0 Å². The standard InChI is InChI=1S/C14H18BrN3O2S/c1-10-4-5-14(13(15)6-10)17-21(19,20)12-7-11(8-16-2)18(3)9-12/h4-7,9,16-17H,8H2,1-3H3. The molecule has 0 atom stereocenters. The van der Waals surface area contributed by atoms with E-state index in [-0.39, 0.29) is 4.90 Å². The van der Waals surface area contributed by atoms with E-state index in [2.05, 4.69) is 26.0 Å². The molecule has 0 aliphatic carbocycles. The number of nitrogens with one attached hydrogen (secondary N) is 2. The van der Waals surface area contributed by atoms with Crippen LogP contribution in [0.25, 0.3) is 0 Å². The van der Waals surface area contributed by atoms with Crippen LogP contribution in [0, 0.1) is 6.92 Å². The van der Waals surface area contributed by atoms with Crippen LogP contribution < -0.4 is 10.0 Å². The van der Waals surface area contributed by atoms with Crippen LogP contribution in [0.5, 0.6) is 0 Å². The molecule has 0 unspecified atom stereocenters. The second-order valence-corrected chi connectivity index (χ2v) is 7.43. The van der Waals surface area contributed by atoms with Gasteiger partial charge in [0.15, 0.2) is 0 Å². The van der Waals surface area contributed by atoms with Crippen LogP contribution in [-0.2, 0) is 23.6 Å². The molecule has 0 radical (unpaired) electrons. The molecule has 1 aromatic carbocycles. The Balaban J connectivity index is 2.32. The number of aryl methyl sites for hydroxylation is 2. The zero-order valence-corrected chi connectivity index (χ0v) is 14.5. The van der Waals surface area contributed by atoms with Crippen LogP contribution in [0.2, 0.25) is 0 Å². The molecule has 2 rings (SSSR count). The first-order valence-electron chi connectivity index (χ1n) is 6.42. The number of sulfonamides is 1. The van der Waals surface area contributed by atoms with Gasteiger partial charge < -0.3 is 9.88 Å². The molecule has 5 nitrogen and oxygen atoms in total. The molecular formula is C14H18BrN3O2S. The number of halogens is 1. The van der Waals surface area contributed by atoms with Crippen molar-refractivity contribution < 1.29 is 8.42 Å². The molecule has 0 spiro atoms. The highest BCUT2D eigenvalue weighted by Crippen LogP contribution is 2.26. The van der Waals surface area contributed by atoms with Crippen LogP contribution in [0.4, 0.5) is 5.69 Å². The minimum atomic E-state index is -3.60. The van der Waals surface area contributed by atoms with Gasteiger partial charge >= 0.3 is 0 Å². The minimum Gasteiger partial charge on any atom is -0.352 e. The molecule has 21 heavy (non-hydrogen) atoms. The molecule has 2 aromatic rings. The SMILES string of the molecule is CNCc1cc(S(=O)(=O)Nc2ccc(C)cc2Br)cn1C. The van der Waals surface area contributed by atoms with E-state index in [4.69, 9.17) is 0 Å². The van der Waals surface area contributed by atoms with Crippen LogP contribution >= 0.6 is 15.9 Å². The fourth-order valence-corrected chi connectivity index (χ4v) is 3.88. The normalized spacial score (nSPS) is 11.6. The van der Waals surface area contributed by atoms with Gasteiger partial charge in [-0.25, -0.2) is 8.42 Å². The smallest absolute Gasteiger partial charge is 0.263 e. The predicted octanol–water partition coefficient (Wildman–Crippen LogP) is 2.62. The molecule has 1 heterocycles. The topological polar surface area (TPSA) is 63.1 Å². The first-order chi connectivity index (χ1) is 9.83. The van der Waals surface area contributed by atoms with Gasteiger partial charge in [-0.15, -0.1) is 0 Å².